The van der Waals surface area contributed by atoms with Crippen LogP contribution in [0.15, 0.2) is 48.5 Å². The summed E-state index contributed by atoms with van der Waals surface area (Å²) in [6.45, 7) is 0.763. The Labute approximate surface area is 229 Å². The number of ketones is 1. The van der Waals surface area contributed by atoms with Crippen molar-refractivity contribution in [3.05, 3.63) is 70.2 Å². The number of halogens is 1. The summed E-state index contributed by atoms with van der Waals surface area (Å²) in [7, 11) is 1.68. The predicted octanol–water partition coefficient (Wildman–Crippen LogP) is 8.36. The van der Waals surface area contributed by atoms with Crippen molar-refractivity contribution in [2.45, 2.75) is 82.8 Å². The Morgan fingerprint density at radius 3 is 2.03 bits per heavy atom. The molecule has 3 aromatic rings. The third-order valence-corrected chi connectivity index (χ3v) is 9.51. The summed E-state index contributed by atoms with van der Waals surface area (Å²) in [5.74, 6) is 0.797. The highest BCUT2D eigenvalue weighted by Gasteiger charge is 2.32. The number of carbonyl (C=O) groups is 1. The molecule has 2 aromatic carbocycles. The number of hydrogen-bond donors (Lipinski definition) is 1. The summed E-state index contributed by atoms with van der Waals surface area (Å²) in [5.41, 5.74) is 10.1. The smallest absolute Gasteiger partial charge is 0.196 e. The molecule has 6 heteroatoms. The monoisotopic (exact) mass is 536 g/mol. The number of benzene rings is 2. The Balaban J connectivity index is 1.59. The van der Waals surface area contributed by atoms with Crippen LogP contribution in [0.1, 0.15) is 85.7 Å². The topological polar surface area (TPSA) is 55.6 Å². The molecule has 4 nitrogen and oxygen atoms in total. The van der Waals surface area contributed by atoms with Gasteiger partial charge in [-0.3, -0.25) is 9.69 Å². The van der Waals surface area contributed by atoms with E-state index in [-0.39, 0.29) is 5.78 Å². The van der Waals surface area contributed by atoms with Crippen molar-refractivity contribution in [3.8, 4) is 16.2 Å². The van der Waals surface area contributed by atoms with Gasteiger partial charge in [0, 0.05) is 34.1 Å². The highest BCUT2D eigenvalue weighted by atomic mass is 35.5. The average molecular weight is 537 g/mol. The highest BCUT2D eigenvalue weighted by molar-refractivity contribution is 7.20. The largest absolute Gasteiger partial charge is 0.497 e. The summed E-state index contributed by atoms with van der Waals surface area (Å²) >= 11 is 7.66. The van der Waals surface area contributed by atoms with Crippen LogP contribution >= 0.6 is 22.9 Å². The third-order valence-electron chi connectivity index (χ3n) is 8.15. The molecule has 196 valence electrons. The van der Waals surface area contributed by atoms with Gasteiger partial charge in [-0.1, -0.05) is 50.1 Å². The fraction of sp³-hybridized carbons (Fsp3) is 0.452. The fourth-order valence-corrected chi connectivity index (χ4v) is 7.38. The van der Waals surface area contributed by atoms with Crippen LogP contribution in [0.5, 0.6) is 5.75 Å². The molecule has 37 heavy (non-hydrogen) atoms. The second-order valence-corrected chi connectivity index (χ2v) is 12.0. The zero-order chi connectivity index (χ0) is 25.8. The quantitative estimate of drug-likeness (QED) is 0.294. The van der Waals surface area contributed by atoms with E-state index in [1.54, 1.807) is 31.4 Å². The van der Waals surface area contributed by atoms with Gasteiger partial charge in [-0.2, -0.15) is 0 Å². The van der Waals surface area contributed by atoms with Crippen LogP contribution in [0.2, 0.25) is 5.02 Å². The molecule has 0 spiro atoms. The van der Waals surface area contributed by atoms with Crippen LogP contribution in [0.3, 0.4) is 0 Å². The molecule has 2 aliphatic rings. The van der Waals surface area contributed by atoms with Crippen molar-refractivity contribution in [1.82, 2.24) is 4.90 Å². The molecule has 2 saturated carbocycles. The van der Waals surface area contributed by atoms with E-state index in [1.807, 2.05) is 12.1 Å². The van der Waals surface area contributed by atoms with E-state index in [1.165, 1.54) is 75.5 Å². The fourth-order valence-electron chi connectivity index (χ4n) is 6.17. The lowest BCUT2D eigenvalue weighted by atomic mass is 9.87. The lowest BCUT2D eigenvalue weighted by Gasteiger charge is -2.42. The molecule has 0 unspecified atom stereocenters. The van der Waals surface area contributed by atoms with Crippen molar-refractivity contribution in [2.24, 2.45) is 0 Å². The first-order valence-corrected chi connectivity index (χ1v) is 14.9. The Morgan fingerprint density at radius 1 is 0.919 bits per heavy atom. The number of hydrogen-bond acceptors (Lipinski definition) is 5. The van der Waals surface area contributed by atoms with E-state index < -0.39 is 0 Å². The molecule has 0 bridgehead atoms. The van der Waals surface area contributed by atoms with Crippen LogP contribution < -0.4 is 10.5 Å². The number of nitrogens with two attached hydrogens (primary N) is 1. The number of anilines is 1. The first kappa shape index (κ1) is 26.3. The van der Waals surface area contributed by atoms with Crippen molar-refractivity contribution in [1.29, 1.82) is 0 Å². The van der Waals surface area contributed by atoms with Gasteiger partial charge in [0.2, 0.25) is 0 Å². The SMILES string of the molecule is COc1ccc(-c2sc(N)c(C(=O)c3ccc(Cl)cc3)c2CN(C2CCCCC2)C2CCCCC2)cc1. The van der Waals surface area contributed by atoms with Gasteiger partial charge >= 0.3 is 0 Å². The predicted molar refractivity (Wildman–Crippen MR) is 155 cm³/mol. The molecule has 2 aliphatic carbocycles. The second kappa shape index (κ2) is 12.0. The lowest BCUT2D eigenvalue weighted by Crippen LogP contribution is -2.44. The van der Waals surface area contributed by atoms with Crippen LogP contribution in [0.4, 0.5) is 5.00 Å². The van der Waals surface area contributed by atoms with E-state index in [4.69, 9.17) is 22.1 Å². The van der Waals surface area contributed by atoms with Crippen molar-refractivity contribution < 1.29 is 9.53 Å². The Kier molecular flexibility index (Phi) is 8.53. The van der Waals surface area contributed by atoms with Crippen LogP contribution in [0, 0.1) is 0 Å². The molecule has 2 N–H and O–H groups in total. The van der Waals surface area contributed by atoms with E-state index in [9.17, 15) is 4.79 Å². The van der Waals surface area contributed by atoms with Crippen LogP contribution in [-0.4, -0.2) is 29.9 Å². The normalized spacial score (nSPS) is 17.3. The van der Waals surface area contributed by atoms with E-state index >= 15 is 0 Å². The number of rotatable bonds is 8. The van der Waals surface area contributed by atoms with Gasteiger partial charge in [0.25, 0.3) is 0 Å². The summed E-state index contributed by atoms with van der Waals surface area (Å²) in [6, 6.07) is 16.4. The number of ether oxygens (including phenoxy) is 1. The molecule has 0 amide bonds. The first-order valence-electron chi connectivity index (χ1n) is 13.7. The van der Waals surface area contributed by atoms with Gasteiger partial charge in [0.1, 0.15) is 5.75 Å². The summed E-state index contributed by atoms with van der Waals surface area (Å²) in [6.07, 6.45) is 12.8. The summed E-state index contributed by atoms with van der Waals surface area (Å²) in [4.78, 5) is 17.8. The molecule has 0 atom stereocenters. The maximum absolute atomic E-state index is 13.9. The van der Waals surface area contributed by atoms with Crippen molar-refractivity contribution in [3.63, 3.8) is 0 Å². The van der Waals surface area contributed by atoms with E-state index in [0.29, 0.717) is 33.2 Å². The Bertz CT molecular complexity index is 1180. The van der Waals surface area contributed by atoms with Gasteiger partial charge in [-0.25, -0.2) is 0 Å². The molecular formula is C31H37ClN2O2S. The number of thiophene rings is 1. The van der Waals surface area contributed by atoms with Gasteiger partial charge in [-0.15, -0.1) is 11.3 Å². The number of methoxy groups -OCH3 is 1. The number of nitrogens with zero attached hydrogens (tertiary/aromatic N) is 1. The third kappa shape index (κ3) is 5.89. The van der Waals surface area contributed by atoms with Gasteiger partial charge in [0.15, 0.2) is 5.78 Å². The lowest BCUT2D eigenvalue weighted by molar-refractivity contribution is 0.0728. The zero-order valence-corrected chi connectivity index (χ0v) is 23.3. The molecule has 5 rings (SSSR count). The molecule has 0 saturated heterocycles. The second-order valence-electron chi connectivity index (χ2n) is 10.5. The maximum Gasteiger partial charge on any atom is 0.196 e. The number of nitrogen functional groups attached to an aromatic ring is 1. The average Bonchev–Trinajstić information content (AvgIpc) is 3.28. The standard InChI is InChI=1S/C31H37ClN2O2S/c1-36-26-18-14-22(15-19-26)30-27(28(31(33)37-30)29(35)21-12-16-23(32)17-13-21)20-34(24-8-4-2-5-9-24)25-10-6-3-7-11-25/h12-19,24-25H,2-11,20,33H2,1H3. The summed E-state index contributed by atoms with van der Waals surface area (Å²) in [5, 5.41) is 1.21. The van der Waals surface area contributed by atoms with E-state index in [2.05, 4.69) is 17.0 Å². The van der Waals surface area contributed by atoms with Crippen LogP contribution in [0.25, 0.3) is 10.4 Å². The molecule has 1 aromatic heterocycles. The minimum absolute atomic E-state index is 0.0209. The minimum Gasteiger partial charge on any atom is -0.497 e. The maximum atomic E-state index is 13.9. The molecule has 0 aliphatic heterocycles. The zero-order valence-electron chi connectivity index (χ0n) is 21.7. The molecule has 2 fully saturated rings. The minimum atomic E-state index is -0.0209. The van der Waals surface area contributed by atoms with Gasteiger partial charge in [0.05, 0.1) is 17.7 Å². The molecule has 1 heterocycles. The van der Waals surface area contributed by atoms with Crippen molar-refractivity contribution in [2.75, 3.05) is 12.8 Å². The van der Waals surface area contributed by atoms with Crippen LogP contribution in [-0.2, 0) is 6.54 Å². The van der Waals surface area contributed by atoms with Crippen molar-refractivity contribution >= 4 is 33.7 Å². The van der Waals surface area contributed by atoms with E-state index in [0.717, 1.165) is 28.3 Å². The Hall–Kier alpha value is -2.34. The first-order chi connectivity index (χ1) is 18.0. The number of carbonyl (C=O) groups excluding carboxylic acids is 1. The van der Waals surface area contributed by atoms with Gasteiger partial charge in [-0.05, 0) is 85.3 Å². The van der Waals surface area contributed by atoms with Gasteiger partial charge < -0.3 is 10.5 Å². The molecular weight excluding hydrogens is 500 g/mol. The Morgan fingerprint density at radius 2 is 1.49 bits per heavy atom. The highest BCUT2D eigenvalue weighted by Crippen LogP contribution is 2.43. The summed E-state index contributed by atoms with van der Waals surface area (Å²) < 4.78 is 5.40. The molecule has 0 radical (unpaired) electrons.